The number of thioether (sulfide) groups is 1. The number of rotatable bonds is 7. The maximum Gasteiger partial charge on any atom is 0.283 e. The molecule has 0 aromatic heterocycles. The summed E-state index contributed by atoms with van der Waals surface area (Å²) in [5.74, 6) is 1.11. The molecule has 0 spiro atoms. The molecule has 37 heavy (non-hydrogen) atoms. The van der Waals surface area contributed by atoms with Crippen molar-refractivity contribution in [1.29, 1.82) is 5.41 Å². The Balaban J connectivity index is 0.00000320. The van der Waals surface area contributed by atoms with E-state index in [0.717, 1.165) is 28.0 Å². The fraction of sp³-hybridized carbons (Fsp3) is 0.143. The van der Waals surface area contributed by atoms with Gasteiger partial charge in [-0.25, -0.2) is 0 Å². The number of carbonyl (C=O) groups is 1. The highest BCUT2D eigenvalue weighted by molar-refractivity contribution is 8.27. The van der Waals surface area contributed by atoms with Crippen LogP contribution in [0.3, 0.4) is 0 Å². The average molecular weight is 533 g/mol. The number of hydrogen-bond acceptors (Lipinski definition) is 6. The highest BCUT2D eigenvalue weighted by Gasteiger charge is 2.35. The smallest absolute Gasteiger partial charge is 0.283 e. The largest absolute Gasteiger partial charge is 0.490 e. The van der Waals surface area contributed by atoms with Crippen molar-refractivity contribution < 1.29 is 14.3 Å². The van der Waals surface area contributed by atoms with Gasteiger partial charge >= 0.3 is 0 Å². The Bertz CT molecular complexity index is 1420. The molecule has 3 aromatic carbocycles. The fourth-order valence-corrected chi connectivity index (χ4v) is 4.59. The third-order valence-corrected chi connectivity index (χ3v) is 6.58. The summed E-state index contributed by atoms with van der Waals surface area (Å²) in [6, 6.07) is 23.1. The van der Waals surface area contributed by atoms with Crippen LogP contribution in [0.2, 0.25) is 0 Å². The van der Waals surface area contributed by atoms with Gasteiger partial charge in [-0.3, -0.25) is 10.2 Å². The van der Waals surface area contributed by atoms with Gasteiger partial charge in [0.1, 0.15) is 29.8 Å². The molecule has 0 bridgehead atoms. The Morgan fingerprint density at radius 1 is 0.973 bits per heavy atom. The minimum absolute atomic E-state index is 0. The molecule has 0 atom stereocenters. The first-order valence-corrected chi connectivity index (χ1v) is 12.3. The van der Waals surface area contributed by atoms with Crippen molar-refractivity contribution >= 4 is 52.2 Å². The Morgan fingerprint density at radius 3 is 2.46 bits per heavy atom. The summed E-state index contributed by atoms with van der Waals surface area (Å²) in [5.41, 5.74) is 4.11. The number of nitrogens with one attached hydrogen (secondary N) is 1. The third kappa shape index (κ3) is 5.93. The van der Waals surface area contributed by atoms with E-state index >= 15 is 0 Å². The standard InChI is InChI=1S/C28H24N4O3S.ClH/c1-18-8-9-19(2)24(16-18)35-15-14-34-22-12-10-20(11-13-22)17-23-25(29)32-28(30-26(23)33)36-27(31-32)21-6-4-3-5-7-21;/h3-13,16-17,29H,14-15H2,1-2H3;1H. The van der Waals surface area contributed by atoms with Crippen LogP contribution in [0.5, 0.6) is 11.5 Å². The van der Waals surface area contributed by atoms with Crippen molar-refractivity contribution in [3.05, 3.63) is 101 Å². The predicted octanol–water partition coefficient (Wildman–Crippen LogP) is 5.85. The number of hydrazone groups is 1. The van der Waals surface area contributed by atoms with Crippen LogP contribution < -0.4 is 9.47 Å². The highest BCUT2D eigenvalue weighted by Crippen LogP contribution is 2.31. The van der Waals surface area contributed by atoms with Gasteiger partial charge in [0, 0.05) is 5.56 Å². The second-order valence-electron chi connectivity index (χ2n) is 8.33. The van der Waals surface area contributed by atoms with Gasteiger partial charge in [0.15, 0.2) is 5.84 Å². The molecule has 1 amide bonds. The van der Waals surface area contributed by atoms with Crippen molar-refractivity contribution in [1.82, 2.24) is 5.01 Å². The summed E-state index contributed by atoms with van der Waals surface area (Å²) in [5, 5.41) is 15.6. The second kappa shape index (κ2) is 11.5. The summed E-state index contributed by atoms with van der Waals surface area (Å²) in [7, 11) is 0. The summed E-state index contributed by atoms with van der Waals surface area (Å²) < 4.78 is 11.6. The van der Waals surface area contributed by atoms with E-state index in [0.29, 0.717) is 29.2 Å². The molecule has 2 heterocycles. The van der Waals surface area contributed by atoms with Gasteiger partial charge in [0.2, 0.25) is 5.17 Å². The molecule has 7 nitrogen and oxygen atoms in total. The van der Waals surface area contributed by atoms with E-state index in [4.69, 9.17) is 14.9 Å². The number of aliphatic imine (C=N–C) groups is 1. The Hall–Kier alpha value is -3.88. The first kappa shape index (κ1) is 26.2. The van der Waals surface area contributed by atoms with E-state index in [2.05, 4.69) is 16.2 Å². The van der Waals surface area contributed by atoms with Gasteiger partial charge < -0.3 is 9.47 Å². The number of hydrogen-bond donors (Lipinski definition) is 1. The Kier molecular flexibility index (Phi) is 8.11. The molecule has 5 rings (SSSR count). The topological polar surface area (TPSA) is 87.3 Å². The van der Waals surface area contributed by atoms with Crippen LogP contribution in [0.4, 0.5) is 0 Å². The van der Waals surface area contributed by atoms with Gasteiger partial charge in [-0.15, -0.1) is 12.4 Å². The highest BCUT2D eigenvalue weighted by atomic mass is 35.5. The number of amidine groups is 2. The number of ether oxygens (including phenoxy) is 2. The average Bonchev–Trinajstić information content (AvgIpc) is 3.32. The van der Waals surface area contributed by atoms with Crippen LogP contribution in [0.15, 0.2) is 88.5 Å². The van der Waals surface area contributed by atoms with Gasteiger partial charge in [0.05, 0.1) is 5.57 Å². The van der Waals surface area contributed by atoms with E-state index < -0.39 is 5.91 Å². The molecule has 2 aliphatic rings. The lowest BCUT2D eigenvalue weighted by atomic mass is 10.1. The Labute approximate surface area is 225 Å². The monoisotopic (exact) mass is 532 g/mol. The van der Waals surface area contributed by atoms with Crippen molar-refractivity contribution in [3.63, 3.8) is 0 Å². The molecule has 0 unspecified atom stereocenters. The third-order valence-electron chi connectivity index (χ3n) is 5.62. The molecule has 0 aliphatic carbocycles. The van der Waals surface area contributed by atoms with Crippen molar-refractivity contribution in [2.75, 3.05) is 13.2 Å². The molecule has 0 radical (unpaired) electrons. The number of aryl methyl sites for hydroxylation is 2. The number of carbonyl (C=O) groups excluding carboxylic acids is 1. The fourth-order valence-electron chi connectivity index (χ4n) is 3.69. The van der Waals surface area contributed by atoms with Crippen LogP contribution in [0.25, 0.3) is 6.08 Å². The van der Waals surface area contributed by atoms with E-state index in [9.17, 15) is 4.79 Å². The molecule has 0 saturated heterocycles. The SMILES string of the molecule is Cc1ccc(C)c(OCCOc2ccc(C=C3C(=N)N4N=C(c5ccccc5)SC4=NC3=O)cc2)c1.Cl. The van der Waals surface area contributed by atoms with Crippen LogP contribution in [0.1, 0.15) is 22.3 Å². The number of fused-ring (bicyclic) bond motifs is 1. The van der Waals surface area contributed by atoms with E-state index in [-0.39, 0.29) is 23.8 Å². The lowest BCUT2D eigenvalue weighted by Gasteiger charge is -2.20. The molecule has 0 saturated carbocycles. The lowest BCUT2D eigenvalue weighted by molar-refractivity contribution is -0.114. The number of benzene rings is 3. The zero-order chi connectivity index (χ0) is 25.1. The van der Waals surface area contributed by atoms with Crippen LogP contribution >= 0.6 is 24.2 Å². The predicted molar refractivity (Wildman–Crippen MR) is 151 cm³/mol. The maximum absolute atomic E-state index is 12.7. The minimum Gasteiger partial charge on any atom is -0.490 e. The van der Waals surface area contributed by atoms with E-state index in [1.54, 1.807) is 6.08 Å². The van der Waals surface area contributed by atoms with Crippen LogP contribution in [-0.2, 0) is 4.79 Å². The maximum atomic E-state index is 12.7. The van der Waals surface area contributed by atoms with E-state index in [1.165, 1.54) is 16.8 Å². The van der Waals surface area contributed by atoms with Crippen molar-refractivity contribution in [3.8, 4) is 11.5 Å². The summed E-state index contributed by atoms with van der Waals surface area (Å²) in [6.07, 6.45) is 1.65. The van der Waals surface area contributed by atoms with Gasteiger partial charge in [-0.1, -0.05) is 54.6 Å². The molecule has 3 aromatic rings. The number of nitrogens with zero attached hydrogens (tertiary/aromatic N) is 3. The first-order chi connectivity index (χ1) is 17.5. The van der Waals surface area contributed by atoms with Crippen molar-refractivity contribution in [2.24, 2.45) is 10.1 Å². The lowest BCUT2D eigenvalue weighted by Crippen LogP contribution is -2.35. The summed E-state index contributed by atoms with van der Waals surface area (Å²) >= 11 is 1.29. The quantitative estimate of drug-likeness (QED) is 0.304. The molecular weight excluding hydrogens is 508 g/mol. The zero-order valence-corrected chi connectivity index (χ0v) is 21.9. The van der Waals surface area contributed by atoms with E-state index in [1.807, 2.05) is 80.6 Å². The molecule has 9 heteroatoms. The van der Waals surface area contributed by atoms with Crippen LogP contribution in [0, 0.1) is 19.3 Å². The summed E-state index contributed by atoms with van der Waals surface area (Å²) in [6.45, 7) is 4.89. The second-order valence-corrected chi connectivity index (χ2v) is 9.28. The molecule has 188 valence electrons. The van der Waals surface area contributed by atoms with Crippen molar-refractivity contribution in [2.45, 2.75) is 13.8 Å². The Morgan fingerprint density at radius 2 is 1.70 bits per heavy atom. The van der Waals surface area contributed by atoms with Gasteiger partial charge in [0.25, 0.3) is 5.91 Å². The molecule has 1 N–H and O–H groups in total. The first-order valence-electron chi connectivity index (χ1n) is 11.5. The normalized spacial score (nSPS) is 15.6. The zero-order valence-electron chi connectivity index (χ0n) is 20.3. The molecule has 2 aliphatic heterocycles. The van der Waals surface area contributed by atoms with Gasteiger partial charge in [-0.2, -0.15) is 15.1 Å². The number of amides is 1. The van der Waals surface area contributed by atoms with Gasteiger partial charge in [-0.05, 0) is 66.6 Å². The van der Waals surface area contributed by atoms with Crippen LogP contribution in [-0.4, -0.2) is 40.2 Å². The molecular formula is C28H25ClN4O3S. The summed E-state index contributed by atoms with van der Waals surface area (Å²) in [4.78, 5) is 16.8. The molecule has 0 fully saturated rings. The number of halogens is 1. The minimum atomic E-state index is -0.452.